The van der Waals surface area contributed by atoms with Crippen LogP contribution in [0.2, 0.25) is 5.02 Å². The van der Waals surface area contributed by atoms with E-state index in [0.29, 0.717) is 11.1 Å². The summed E-state index contributed by atoms with van der Waals surface area (Å²) >= 11 is 9.57. The first-order valence-corrected chi connectivity index (χ1v) is 7.94. The van der Waals surface area contributed by atoms with Crippen LogP contribution in [0.3, 0.4) is 0 Å². The number of halogens is 3. The fraction of sp³-hybridized carbons (Fsp3) is 0.571. The van der Waals surface area contributed by atoms with Gasteiger partial charge in [-0.15, -0.1) is 0 Å². The van der Waals surface area contributed by atoms with Crippen LogP contribution >= 0.6 is 27.5 Å². The highest BCUT2D eigenvalue weighted by Crippen LogP contribution is 2.28. The second-order valence-electron chi connectivity index (χ2n) is 4.83. The molecule has 1 nitrogen and oxygen atoms in total. The van der Waals surface area contributed by atoms with Crippen molar-refractivity contribution in [3.8, 4) is 0 Å². The lowest BCUT2D eigenvalue weighted by Gasteiger charge is -2.37. The Hall–Kier alpha value is -0.120. The van der Waals surface area contributed by atoms with E-state index in [9.17, 15) is 4.39 Å². The van der Waals surface area contributed by atoms with E-state index in [1.807, 2.05) is 0 Å². The molecule has 0 unspecified atom stereocenters. The van der Waals surface area contributed by atoms with Gasteiger partial charge in [0.2, 0.25) is 0 Å². The van der Waals surface area contributed by atoms with E-state index in [2.05, 4.69) is 20.8 Å². The van der Waals surface area contributed by atoms with E-state index >= 15 is 0 Å². The van der Waals surface area contributed by atoms with Crippen molar-refractivity contribution >= 4 is 27.5 Å². The van der Waals surface area contributed by atoms with E-state index in [1.165, 1.54) is 31.4 Å². The maximum atomic E-state index is 13.0. The smallest absolute Gasteiger partial charge is 0.124 e. The summed E-state index contributed by atoms with van der Waals surface area (Å²) < 4.78 is 13.0. The normalized spacial score (nSPS) is 16.0. The molecular formula is C14H18BrClFN. The molecule has 0 bridgehead atoms. The molecule has 0 saturated heterocycles. The van der Waals surface area contributed by atoms with Gasteiger partial charge in [-0.3, -0.25) is 4.90 Å². The lowest BCUT2D eigenvalue weighted by atomic mass is 9.91. The van der Waals surface area contributed by atoms with Gasteiger partial charge in [-0.2, -0.15) is 0 Å². The number of nitrogens with zero attached hydrogens (tertiary/aromatic N) is 1. The summed E-state index contributed by atoms with van der Waals surface area (Å²) in [6.07, 6.45) is 5.02. The number of rotatable bonds is 6. The molecule has 0 N–H and O–H groups in total. The van der Waals surface area contributed by atoms with Crippen LogP contribution in [-0.2, 0) is 6.54 Å². The van der Waals surface area contributed by atoms with Crippen LogP contribution in [0.4, 0.5) is 4.39 Å². The largest absolute Gasteiger partial charge is 0.296 e. The molecule has 0 aliphatic heterocycles. The zero-order valence-corrected chi connectivity index (χ0v) is 12.7. The van der Waals surface area contributed by atoms with Crippen LogP contribution in [0.25, 0.3) is 0 Å². The zero-order chi connectivity index (χ0) is 13.0. The van der Waals surface area contributed by atoms with Crippen LogP contribution in [-0.4, -0.2) is 22.8 Å². The molecule has 0 radical (unpaired) electrons. The van der Waals surface area contributed by atoms with Crippen LogP contribution in [0.15, 0.2) is 18.2 Å². The Morgan fingerprint density at radius 2 is 2.17 bits per heavy atom. The Kier molecular flexibility index (Phi) is 5.46. The standard InChI is InChI=1S/C14H18BrClFN/c15-7-2-8-18(13-3-1-4-13)10-11-5-6-12(17)9-14(11)16/h5-6,9,13H,1-4,7-8,10H2. The quantitative estimate of drug-likeness (QED) is 0.686. The minimum absolute atomic E-state index is 0.264. The van der Waals surface area contributed by atoms with Gasteiger partial charge in [-0.05, 0) is 43.5 Å². The second kappa shape index (κ2) is 6.88. The van der Waals surface area contributed by atoms with Crippen LogP contribution in [0, 0.1) is 5.82 Å². The van der Waals surface area contributed by atoms with Gasteiger partial charge >= 0.3 is 0 Å². The summed E-state index contributed by atoms with van der Waals surface area (Å²) in [5.41, 5.74) is 1.03. The van der Waals surface area contributed by atoms with Crippen molar-refractivity contribution in [1.29, 1.82) is 0 Å². The molecule has 4 heteroatoms. The van der Waals surface area contributed by atoms with Crippen LogP contribution in [0.1, 0.15) is 31.2 Å². The van der Waals surface area contributed by atoms with E-state index in [0.717, 1.165) is 30.4 Å². The predicted octanol–water partition coefficient (Wildman–Crippen LogP) is 4.62. The molecule has 0 amide bonds. The Morgan fingerprint density at radius 1 is 1.39 bits per heavy atom. The SMILES string of the molecule is Fc1ccc(CN(CCCBr)C2CCC2)c(Cl)c1. The van der Waals surface area contributed by atoms with Gasteiger partial charge in [0.05, 0.1) is 0 Å². The molecule has 0 spiro atoms. The molecule has 100 valence electrons. The minimum atomic E-state index is -0.264. The summed E-state index contributed by atoms with van der Waals surface area (Å²) in [6, 6.07) is 5.38. The van der Waals surface area contributed by atoms with E-state index < -0.39 is 0 Å². The van der Waals surface area contributed by atoms with Gasteiger partial charge in [0.15, 0.2) is 0 Å². The van der Waals surface area contributed by atoms with Crippen molar-refractivity contribution in [2.24, 2.45) is 0 Å². The summed E-state index contributed by atoms with van der Waals surface area (Å²) in [5.74, 6) is -0.264. The summed E-state index contributed by atoms with van der Waals surface area (Å²) in [4.78, 5) is 2.48. The van der Waals surface area contributed by atoms with Crippen molar-refractivity contribution in [3.05, 3.63) is 34.6 Å². The molecule has 1 saturated carbocycles. The molecule has 0 aromatic heterocycles. The van der Waals surface area contributed by atoms with E-state index in [-0.39, 0.29) is 5.82 Å². The fourth-order valence-electron chi connectivity index (χ4n) is 2.27. The predicted molar refractivity (Wildman–Crippen MR) is 77.9 cm³/mol. The van der Waals surface area contributed by atoms with Crippen molar-refractivity contribution in [2.75, 3.05) is 11.9 Å². The average molecular weight is 335 g/mol. The molecule has 1 aromatic rings. The minimum Gasteiger partial charge on any atom is -0.296 e. The van der Waals surface area contributed by atoms with Crippen molar-refractivity contribution < 1.29 is 4.39 Å². The van der Waals surface area contributed by atoms with Crippen LogP contribution in [0.5, 0.6) is 0 Å². The topological polar surface area (TPSA) is 3.24 Å². The molecule has 1 fully saturated rings. The molecular weight excluding hydrogens is 317 g/mol. The number of alkyl halides is 1. The monoisotopic (exact) mass is 333 g/mol. The summed E-state index contributed by atoms with van der Waals surface area (Å²) in [7, 11) is 0. The van der Waals surface area contributed by atoms with E-state index in [1.54, 1.807) is 6.07 Å². The average Bonchev–Trinajstić information content (AvgIpc) is 2.27. The van der Waals surface area contributed by atoms with Gasteiger partial charge in [-0.1, -0.05) is 40.0 Å². The first-order chi connectivity index (χ1) is 8.70. The summed E-state index contributed by atoms with van der Waals surface area (Å²) in [5, 5.41) is 1.56. The highest BCUT2D eigenvalue weighted by molar-refractivity contribution is 9.09. The Bertz CT molecular complexity index is 395. The van der Waals surface area contributed by atoms with Gasteiger partial charge in [-0.25, -0.2) is 4.39 Å². The molecule has 0 atom stereocenters. The third-order valence-electron chi connectivity index (χ3n) is 3.56. The number of hydrogen-bond donors (Lipinski definition) is 0. The first-order valence-electron chi connectivity index (χ1n) is 6.44. The van der Waals surface area contributed by atoms with E-state index in [4.69, 9.17) is 11.6 Å². The first kappa shape index (κ1) is 14.3. The Labute approximate surface area is 121 Å². The molecule has 0 heterocycles. The third-order valence-corrected chi connectivity index (χ3v) is 4.47. The summed E-state index contributed by atoms with van der Waals surface area (Å²) in [6.45, 7) is 1.90. The molecule has 1 aliphatic carbocycles. The molecule has 1 aromatic carbocycles. The molecule has 2 rings (SSSR count). The lowest BCUT2D eigenvalue weighted by Crippen LogP contribution is -2.40. The highest BCUT2D eigenvalue weighted by atomic mass is 79.9. The highest BCUT2D eigenvalue weighted by Gasteiger charge is 2.24. The molecule has 1 aliphatic rings. The Morgan fingerprint density at radius 3 is 2.72 bits per heavy atom. The van der Waals surface area contributed by atoms with Gasteiger partial charge in [0.25, 0.3) is 0 Å². The zero-order valence-electron chi connectivity index (χ0n) is 10.3. The second-order valence-corrected chi connectivity index (χ2v) is 6.03. The number of hydrogen-bond acceptors (Lipinski definition) is 1. The molecule has 18 heavy (non-hydrogen) atoms. The van der Waals surface area contributed by atoms with Gasteiger partial charge in [0, 0.05) is 22.9 Å². The maximum Gasteiger partial charge on any atom is 0.124 e. The van der Waals surface area contributed by atoms with Crippen LogP contribution < -0.4 is 0 Å². The van der Waals surface area contributed by atoms with Gasteiger partial charge < -0.3 is 0 Å². The third kappa shape index (κ3) is 3.69. The maximum absolute atomic E-state index is 13.0. The van der Waals surface area contributed by atoms with Gasteiger partial charge in [0.1, 0.15) is 5.82 Å². The Balaban J connectivity index is 2.02. The fourth-order valence-corrected chi connectivity index (χ4v) is 2.75. The van der Waals surface area contributed by atoms with Crippen molar-refractivity contribution in [2.45, 2.75) is 38.3 Å². The number of benzene rings is 1. The van der Waals surface area contributed by atoms with Crippen molar-refractivity contribution in [1.82, 2.24) is 4.90 Å². The lowest BCUT2D eigenvalue weighted by molar-refractivity contribution is 0.120. The van der Waals surface area contributed by atoms with Crippen molar-refractivity contribution in [3.63, 3.8) is 0 Å².